The maximum absolute atomic E-state index is 12.0. The lowest BCUT2D eigenvalue weighted by Crippen LogP contribution is -2.33. The summed E-state index contributed by atoms with van der Waals surface area (Å²) >= 11 is 1.77. The van der Waals surface area contributed by atoms with Gasteiger partial charge in [-0.25, -0.2) is 0 Å². The Morgan fingerprint density at radius 1 is 1.26 bits per heavy atom. The van der Waals surface area contributed by atoms with Crippen LogP contribution in [0.4, 0.5) is 5.69 Å². The molecule has 1 amide bonds. The largest absolute Gasteiger partial charge is 0.399 e. The molecule has 1 aromatic carbocycles. The first-order chi connectivity index (χ1) is 9.04. The van der Waals surface area contributed by atoms with Gasteiger partial charge in [0.15, 0.2) is 0 Å². The lowest BCUT2D eigenvalue weighted by molar-refractivity contribution is 0.0940. The van der Waals surface area contributed by atoms with Crippen molar-refractivity contribution in [2.45, 2.75) is 26.3 Å². The number of rotatable bonds is 4. The number of nitrogens with one attached hydrogen (secondary N) is 1. The summed E-state index contributed by atoms with van der Waals surface area (Å²) in [5.74, 6) is -0.0548. The summed E-state index contributed by atoms with van der Waals surface area (Å²) in [7, 11) is 0. The van der Waals surface area contributed by atoms with E-state index in [0.717, 1.165) is 6.42 Å². The van der Waals surface area contributed by atoms with Crippen LogP contribution in [0, 0.1) is 6.92 Å². The van der Waals surface area contributed by atoms with Gasteiger partial charge < -0.3 is 11.1 Å². The Hall–Kier alpha value is -1.81. The molecule has 0 saturated carbocycles. The van der Waals surface area contributed by atoms with Crippen molar-refractivity contribution in [1.29, 1.82) is 0 Å². The van der Waals surface area contributed by atoms with Gasteiger partial charge in [0, 0.05) is 33.5 Å². The molecule has 2 aromatic rings. The Morgan fingerprint density at radius 3 is 2.53 bits per heavy atom. The van der Waals surface area contributed by atoms with Crippen molar-refractivity contribution in [3.05, 3.63) is 51.7 Å². The number of hydrogen-bond acceptors (Lipinski definition) is 3. The summed E-state index contributed by atoms with van der Waals surface area (Å²) in [6, 6.07) is 11.3. The van der Waals surface area contributed by atoms with Gasteiger partial charge in [-0.3, -0.25) is 4.79 Å². The molecule has 0 aliphatic carbocycles. The number of carbonyl (C=O) groups is 1. The lowest BCUT2D eigenvalue weighted by atomic mass is 10.1. The summed E-state index contributed by atoms with van der Waals surface area (Å²) in [5.41, 5.74) is 6.91. The lowest BCUT2D eigenvalue weighted by Gasteiger charge is -2.13. The number of amides is 1. The number of aryl methyl sites for hydroxylation is 1. The fraction of sp³-hybridized carbons (Fsp3) is 0.267. The zero-order valence-corrected chi connectivity index (χ0v) is 12.0. The molecule has 3 nitrogen and oxygen atoms in total. The topological polar surface area (TPSA) is 55.1 Å². The van der Waals surface area contributed by atoms with Gasteiger partial charge in [0.05, 0.1) is 0 Å². The van der Waals surface area contributed by atoms with Crippen LogP contribution in [0.2, 0.25) is 0 Å². The number of nitrogens with two attached hydrogens (primary N) is 1. The van der Waals surface area contributed by atoms with Crippen molar-refractivity contribution in [3.63, 3.8) is 0 Å². The summed E-state index contributed by atoms with van der Waals surface area (Å²) in [4.78, 5) is 14.6. The Kier molecular flexibility index (Phi) is 4.22. The van der Waals surface area contributed by atoms with E-state index in [9.17, 15) is 4.79 Å². The van der Waals surface area contributed by atoms with Gasteiger partial charge in [0.1, 0.15) is 0 Å². The molecule has 0 bridgehead atoms. The second-order valence-electron chi connectivity index (χ2n) is 4.71. The number of thiophene rings is 1. The standard InChI is InChI=1S/C15H18N2OS/c1-10(9-14-8-3-11(2)19-14)17-15(18)12-4-6-13(16)7-5-12/h3-8,10H,9,16H2,1-2H3,(H,17,18). The molecule has 3 N–H and O–H groups in total. The predicted octanol–water partition coefficient (Wildman–Crippen LogP) is 3.00. The fourth-order valence-electron chi connectivity index (χ4n) is 1.89. The quantitative estimate of drug-likeness (QED) is 0.842. The minimum atomic E-state index is -0.0548. The van der Waals surface area contributed by atoms with Crippen LogP contribution >= 0.6 is 11.3 Å². The molecule has 1 atom stereocenters. The highest BCUT2D eigenvalue weighted by atomic mass is 32.1. The van der Waals surface area contributed by atoms with Gasteiger partial charge in [-0.2, -0.15) is 0 Å². The van der Waals surface area contributed by atoms with E-state index in [1.807, 2.05) is 6.92 Å². The van der Waals surface area contributed by atoms with E-state index in [0.29, 0.717) is 11.3 Å². The average Bonchev–Trinajstić information content (AvgIpc) is 2.75. The number of hydrogen-bond donors (Lipinski definition) is 2. The Bertz CT molecular complexity index is 560. The summed E-state index contributed by atoms with van der Waals surface area (Å²) < 4.78 is 0. The molecule has 0 saturated heterocycles. The third-order valence-corrected chi connectivity index (χ3v) is 3.88. The van der Waals surface area contributed by atoms with Crippen molar-refractivity contribution in [2.24, 2.45) is 0 Å². The second kappa shape index (κ2) is 5.89. The van der Waals surface area contributed by atoms with E-state index in [-0.39, 0.29) is 11.9 Å². The SMILES string of the molecule is Cc1ccc(CC(C)NC(=O)c2ccc(N)cc2)s1. The van der Waals surface area contributed by atoms with Crippen LogP contribution in [-0.4, -0.2) is 11.9 Å². The minimum Gasteiger partial charge on any atom is -0.399 e. The first kappa shape index (κ1) is 13.6. The van der Waals surface area contributed by atoms with Gasteiger partial charge in [0.2, 0.25) is 0 Å². The summed E-state index contributed by atoms with van der Waals surface area (Å²) in [5, 5.41) is 3.00. The van der Waals surface area contributed by atoms with Crippen LogP contribution in [0.3, 0.4) is 0 Å². The van der Waals surface area contributed by atoms with Gasteiger partial charge in [-0.05, 0) is 50.2 Å². The van der Waals surface area contributed by atoms with E-state index in [4.69, 9.17) is 5.73 Å². The molecule has 100 valence electrons. The smallest absolute Gasteiger partial charge is 0.251 e. The molecular formula is C15H18N2OS. The van der Waals surface area contributed by atoms with Gasteiger partial charge in [-0.1, -0.05) is 0 Å². The maximum atomic E-state index is 12.0. The molecule has 1 aromatic heterocycles. The molecule has 4 heteroatoms. The predicted molar refractivity (Wildman–Crippen MR) is 80.5 cm³/mol. The third kappa shape index (κ3) is 3.83. The van der Waals surface area contributed by atoms with Gasteiger partial charge in [0.25, 0.3) is 5.91 Å². The van der Waals surface area contributed by atoms with Crippen LogP contribution in [0.1, 0.15) is 27.0 Å². The van der Waals surface area contributed by atoms with E-state index in [1.165, 1.54) is 9.75 Å². The molecule has 1 unspecified atom stereocenters. The van der Waals surface area contributed by atoms with Gasteiger partial charge >= 0.3 is 0 Å². The first-order valence-corrected chi connectivity index (χ1v) is 7.08. The van der Waals surface area contributed by atoms with Crippen molar-refractivity contribution in [1.82, 2.24) is 5.32 Å². The molecule has 2 rings (SSSR count). The maximum Gasteiger partial charge on any atom is 0.251 e. The number of anilines is 1. The first-order valence-electron chi connectivity index (χ1n) is 6.26. The van der Waals surface area contributed by atoms with Crippen LogP contribution in [-0.2, 0) is 6.42 Å². The van der Waals surface area contributed by atoms with Crippen molar-refractivity contribution >= 4 is 22.9 Å². The van der Waals surface area contributed by atoms with E-state index >= 15 is 0 Å². The number of carbonyl (C=O) groups excluding carboxylic acids is 1. The minimum absolute atomic E-state index is 0.0548. The second-order valence-corrected chi connectivity index (χ2v) is 6.09. The molecule has 0 radical (unpaired) electrons. The highest BCUT2D eigenvalue weighted by Gasteiger charge is 2.10. The van der Waals surface area contributed by atoms with Crippen LogP contribution in [0.5, 0.6) is 0 Å². The van der Waals surface area contributed by atoms with Crippen LogP contribution < -0.4 is 11.1 Å². The third-order valence-electron chi connectivity index (χ3n) is 2.85. The molecule has 0 fully saturated rings. The zero-order valence-electron chi connectivity index (χ0n) is 11.1. The van der Waals surface area contributed by atoms with Gasteiger partial charge in [-0.15, -0.1) is 11.3 Å². The molecule has 0 aliphatic rings. The fourth-order valence-corrected chi connectivity index (χ4v) is 2.91. The highest BCUT2D eigenvalue weighted by Crippen LogP contribution is 2.16. The molecular weight excluding hydrogens is 256 g/mol. The zero-order chi connectivity index (χ0) is 13.8. The van der Waals surface area contributed by atoms with Crippen molar-refractivity contribution in [2.75, 3.05) is 5.73 Å². The Morgan fingerprint density at radius 2 is 1.95 bits per heavy atom. The van der Waals surface area contributed by atoms with E-state index in [2.05, 4.69) is 24.4 Å². The monoisotopic (exact) mass is 274 g/mol. The van der Waals surface area contributed by atoms with Crippen LogP contribution in [0.15, 0.2) is 36.4 Å². The van der Waals surface area contributed by atoms with E-state index in [1.54, 1.807) is 35.6 Å². The summed E-state index contributed by atoms with van der Waals surface area (Å²) in [6.07, 6.45) is 0.860. The number of benzene rings is 1. The number of nitrogen functional groups attached to an aromatic ring is 1. The Balaban J connectivity index is 1.93. The normalized spacial score (nSPS) is 12.1. The van der Waals surface area contributed by atoms with E-state index < -0.39 is 0 Å². The molecule has 0 aliphatic heterocycles. The average molecular weight is 274 g/mol. The molecule has 19 heavy (non-hydrogen) atoms. The Labute approximate surface area is 117 Å². The molecule has 1 heterocycles. The molecule has 0 spiro atoms. The van der Waals surface area contributed by atoms with Crippen molar-refractivity contribution in [3.8, 4) is 0 Å². The highest BCUT2D eigenvalue weighted by molar-refractivity contribution is 7.11. The van der Waals surface area contributed by atoms with Crippen molar-refractivity contribution < 1.29 is 4.79 Å². The van der Waals surface area contributed by atoms with Crippen LogP contribution in [0.25, 0.3) is 0 Å². The summed E-state index contributed by atoms with van der Waals surface area (Å²) in [6.45, 7) is 4.11.